The van der Waals surface area contributed by atoms with Gasteiger partial charge in [0.05, 0.1) is 17.0 Å². The van der Waals surface area contributed by atoms with Crippen molar-refractivity contribution in [1.82, 2.24) is 4.31 Å². The van der Waals surface area contributed by atoms with Crippen molar-refractivity contribution in [2.24, 2.45) is 0 Å². The minimum atomic E-state index is -4.11. The van der Waals surface area contributed by atoms with E-state index in [4.69, 9.17) is 0 Å². The Bertz CT molecular complexity index is 1080. The molecule has 0 aromatic heterocycles. The number of carbonyl (C=O) groups is 2. The quantitative estimate of drug-likeness (QED) is 0.566. The largest absolute Gasteiger partial charge is 0.274 e. The van der Waals surface area contributed by atoms with Crippen LogP contribution >= 0.6 is 15.9 Å². The lowest BCUT2D eigenvalue weighted by atomic mass is 9.94. The summed E-state index contributed by atoms with van der Waals surface area (Å²) >= 11 is 3.33. The standard InChI is InChI=1S/C22H22BrFN2O4S/c23-15-6-10-17(11-7-15)25-21(27)14-20(22(25)28)26(18-4-2-1-3-5-18)31(29,30)19-12-8-16(24)9-13-19/h6-13,18,20H,1-5,14H2. The molecule has 0 spiro atoms. The van der Waals surface area contributed by atoms with Crippen molar-refractivity contribution in [2.75, 3.05) is 4.90 Å². The van der Waals surface area contributed by atoms with Gasteiger partial charge in [-0.15, -0.1) is 0 Å². The van der Waals surface area contributed by atoms with E-state index < -0.39 is 33.7 Å². The average molecular weight is 509 g/mol. The number of amides is 2. The number of carbonyl (C=O) groups excluding carboxylic acids is 2. The van der Waals surface area contributed by atoms with E-state index >= 15 is 0 Å². The maximum absolute atomic E-state index is 13.6. The molecule has 1 aliphatic carbocycles. The van der Waals surface area contributed by atoms with E-state index in [-0.39, 0.29) is 17.4 Å². The molecule has 6 nitrogen and oxygen atoms in total. The van der Waals surface area contributed by atoms with Gasteiger partial charge in [0.15, 0.2) is 0 Å². The predicted octanol–water partition coefficient (Wildman–Crippen LogP) is 4.24. The number of anilines is 1. The molecule has 0 N–H and O–H groups in total. The lowest BCUT2D eigenvalue weighted by Gasteiger charge is -2.36. The fourth-order valence-corrected chi connectivity index (χ4v) is 6.45. The van der Waals surface area contributed by atoms with Gasteiger partial charge in [-0.05, 0) is 61.4 Å². The molecule has 2 fully saturated rings. The van der Waals surface area contributed by atoms with E-state index in [0.29, 0.717) is 18.5 Å². The molecular weight excluding hydrogens is 487 g/mol. The number of imide groups is 1. The SMILES string of the molecule is O=C1CC(N(C2CCCCC2)S(=O)(=O)c2ccc(F)cc2)C(=O)N1c1ccc(Br)cc1. The van der Waals surface area contributed by atoms with Crippen molar-refractivity contribution in [3.63, 3.8) is 0 Å². The molecule has 2 aliphatic rings. The number of rotatable bonds is 5. The molecule has 31 heavy (non-hydrogen) atoms. The van der Waals surface area contributed by atoms with Crippen LogP contribution in [-0.2, 0) is 19.6 Å². The van der Waals surface area contributed by atoms with E-state index in [9.17, 15) is 22.4 Å². The predicted molar refractivity (Wildman–Crippen MR) is 117 cm³/mol. The van der Waals surface area contributed by atoms with Crippen molar-refractivity contribution in [3.8, 4) is 0 Å². The van der Waals surface area contributed by atoms with Gasteiger partial charge in [0.1, 0.15) is 11.9 Å². The van der Waals surface area contributed by atoms with Gasteiger partial charge in [-0.25, -0.2) is 17.7 Å². The van der Waals surface area contributed by atoms with Crippen molar-refractivity contribution in [1.29, 1.82) is 0 Å². The zero-order valence-electron chi connectivity index (χ0n) is 16.7. The Morgan fingerprint density at radius 1 is 0.935 bits per heavy atom. The van der Waals surface area contributed by atoms with E-state index in [1.807, 2.05) is 0 Å². The van der Waals surface area contributed by atoms with Gasteiger partial charge in [-0.3, -0.25) is 9.59 Å². The molecule has 1 heterocycles. The zero-order chi connectivity index (χ0) is 22.2. The lowest BCUT2D eigenvalue weighted by molar-refractivity contribution is -0.122. The topological polar surface area (TPSA) is 74.8 Å². The fraction of sp³-hybridized carbons (Fsp3) is 0.364. The number of nitrogens with zero attached hydrogens (tertiary/aromatic N) is 2. The van der Waals surface area contributed by atoms with Crippen LogP contribution in [0.3, 0.4) is 0 Å². The molecule has 1 atom stereocenters. The molecule has 1 aliphatic heterocycles. The van der Waals surface area contributed by atoms with Crippen molar-refractivity contribution in [2.45, 2.75) is 55.5 Å². The average Bonchev–Trinajstić information content (AvgIpc) is 3.03. The minimum Gasteiger partial charge on any atom is -0.274 e. The molecule has 2 aromatic carbocycles. The first-order valence-corrected chi connectivity index (χ1v) is 12.4. The van der Waals surface area contributed by atoms with Crippen molar-refractivity contribution in [3.05, 3.63) is 58.8 Å². The molecule has 4 rings (SSSR count). The highest BCUT2D eigenvalue weighted by Gasteiger charge is 2.49. The number of hydrogen-bond donors (Lipinski definition) is 0. The van der Waals surface area contributed by atoms with Gasteiger partial charge in [-0.1, -0.05) is 35.2 Å². The van der Waals surface area contributed by atoms with E-state index in [1.165, 1.54) is 16.4 Å². The van der Waals surface area contributed by atoms with Crippen LogP contribution in [0.1, 0.15) is 38.5 Å². The fourth-order valence-electron chi connectivity index (χ4n) is 4.36. The first kappa shape index (κ1) is 22.1. The highest BCUT2D eigenvalue weighted by atomic mass is 79.9. The smallest absolute Gasteiger partial charge is 0.252 e. The van der Waals surface area contributed by atoms with Gasteiger partial charge in [0, 0.05) is 10.5 Å². The third kappa shape index (κ3) is 4.31. The number of hydrogen-bond acceptors (Lipinski definition) is 4. The molecule has 2 amide bonds. The maximum atomic E-state index is 13.6. The summed E-state index contributed by atoms with van der Waals surface area (Å²) in [4.78, 5) is 27.1. The lowest BCUT2D eigenvalue weighted by Crippen LogP contribution is -2.51. The second-order valence-corrected chi connectivity index (χ2v) is 10.6. The minimum absolute atomic E-state index is 0.0817. The molecule has 1 saturated carbocycles. The van der Waals surface area contributed by atoms with Crippen molar-refractivity contribution >= 4 is 43.5 Å². The highest BCUT2D eigenvalue weighted by molar-refractivity contribution is 9.10. The molecule has 2 aromatic rings. The second kappa shape index (κ2) is 8.80. The van der Waals surface area contributed by atoms with Gasteiger partial charge in [0.25, 0.3) is 5.91 Å². The summed E-state index contributed by atoms with van der Waals surface area (Å²) in [5.74, 6) is -1.53. The van der Waals surface area contributed by atoms with Gasteiger partial charge < -0.3 is 0 Å². The highest BCUT2D eigenvalue weighted by Crippen LogP contribution is 2.35. The molecule has 0 bridgehead atoms. The maximum Gasteiger partial charge on any atom is 0.252 e. The zero-order valence-corrected chi connectivity index (χ0v) is 19.1. The summed E-state index contributed by atoms with van der Waals surface area (Å²) in [6, 6.07) is 9.80. The normalized spacial score (nSPS) is 20.6. The molecule has 1 unspecified atom stereocenters. The number of benzene rings is 2. The Kier molecular flexibility index (Phi) is 6.27. The third-order valence-corrected chi connectivity index (χ3v) is 8.34. The Morgan fingerprint density at radius 2 is 1.55 bits per heavy atom. The Hall–Kier alpha value is -2.10. The van der Waals surface area contributed by atoms with Crippen LogP contribution in [0.4, 0.5) is 10.1 Å². The van der Waals surface area contributed by atoms with E-state index in [0.717, 1.165) is 40.8 Å². The third-order valence-electron chi connectivity index (χ3n) is 5.84. The van der Waals surface area contributed by atoms with Crippen LogP contribution in [0, 0.1) is 5.82 Å². The van der Waals surface area contributed by atoms with Crippen LogP contribution in [-0.4, -0.2) is 36.6 Å². The monoisotopic (exact) mass is 508 g/mol. The van der Waals surface area contributed by atoms with E-state index in [2.05, 4.69) is 15.9 Å². The molecule has 0 radical (unpaired) electrons. The second-order valence-electron chi connectivity index (χ2n) is 7.84. The first-order chi connectivity index (χ1) is 14.8. The van der Waals surface area contributed by atoms with Crippen LogP contribution in [0.25, 0.3) is 0 Å². The molecular formula is C22H22BrFN2O4S. The van der Waals surface area contributed by atoms with Crippen LogP contribution in [0.15, 0.2) is 57.9 Å². The van der Waals surface area contributed by atoms with E-state index in [1.54, 1.807) is 24.3 Å². The van der Waals surface area contributed by atoms with Gasteiger partial charge in [-0.2, -0.15) is 4.31 Å². The molecule has 164 valence electrons. The van der Waals surface area contributed by atoms with Gasteiger partial charge in [0.2, 0.25) is 15.9 Å². The number of sulfonamides is 1. The van der Waals surface area contributed by atoms with Crippen LogP contribution in [0.2, 0.25) is 0 Å². The molecule has 9 heteroatoms. The number of halogens is 2. The summed E-state index contributed by atoms with van der Waals surface area (Å²) in [6.45, 7) is 0. The van der Waals surface area contributed by atoms with Crippen LogP contribution < -0.4 is 4.90 Å². The van der Waals surface area contributed by atoms with Crippen LogP contribution in [0.5, 0.6) is 0 Å². The summed E-state index contributed by atoms with van der Waals surface area (Å²) in [5, 5.41) is 0. The summed E-state index contributed by atoms with van der Waals surface area (Å²) in [6.07, 6.45) is 3.74. The Balaban J connectivity index is 1.73. The van der Waals surface area contributed by atoms with Crippen molar-refractivity contribution < 1.29 is 22.4 Å². The van der Waals surface area contributed by atoms with Gasteiger partial charge >= 0.3 is 0 Å². The molecule has 1 saturated heterocycles. The Labute approximate surface area is 189 Å². The summed E-state index contributed by atoms with van der Waals surface area (Å²) in [7, 11) is -4.11. The Morgan fingerprint density at radius 3 is 2.16 bits per heavy atom. The summed E-state index contributed by atoms with van der Waals surface area (Å²) in [5.41, 5.74) is 0.406. The summed E-state index contributed by atoms with van der Waals surface area (Å²) < 4.78 is 42.6. The first-order valence-electron chi connectivity index (χ1n) is 10.2.